The van der Waals surface area contributed by atoms with Gasteiger partial charge in [0, 0.05) is 18.7 Å². The van der Waals surface area contributed by atoms with Gasteiger partial charge >= 0.3 is 5.97 Å². The van der Waals surface area contributed by atoms with Gasteiger partial charge in [0.15, 0.2) is 0 Å². The van der Waals surface area contributed by atoms with E-state index in [1.54, 1.807) is 0 Å². The highest BCUT2D eigenvalue weighted by Gasteiger charge is 2.06. The third-order valence-electron chi connectivity index (χ3n) is 2.74. The summed E-state index contributed by atoms with van der Waals surface area (Å²) < 4.78 is 6.33. The first-order valence-electron chi connectivity index (χ1n) is 6.21. The van der Waals surface area contributed by atoms with Crippen molar-refractivity contribution >= 4 is 17.6 Å². The minimum Gasteiger partial charge on any atom is -0.464 e. The first-order valence-corrected chi connectivity index (χ1v) is 6.58. The lowest BCUT2D eigenvalue weighted by Crippen LogP contribution is -2.24. The zero-order valence-electron chi connectivity index (χ0n) is 10.8. The molecule has 2 rings (SSSR count). The Morgan fingerprint density at radius 1 is 1.15 bits per heavy atom. The van der Waals surface area contributed by atoms with E-state index in [1.165, 1.54) is 22.9 Å². The van der Waals surface area contributed by atoms with Crippen LogP contribution in [0.25, 0.3) is 0 Å². The van der Waals surface area contributed by atoms with Gasteiger partial charge in [0.2, 0.25) is 0 Å². The molecule has 0 radical (unpaired) electrons. The van der Waals surface area contributed by atoms with E-state index in [2.05, 4.69) is 0 Å². The van der Waals surface area contributed by atoms with Crippen molar-refractivity contribution in [3.05, 3.63) is 69.6 Å². The van der Waals surface area contributed by atoms with Crippen molar-refractivity contribution in [3.63, 3.8) is 0 Å². The van der Waals surface area contributed by atoms with Crippen LogP contribution in [0.3, 0.4) is 0 Å². The van der Waals surface area contributed by atoms with Crippen molar-refractivity contribution in [3.8, 4) is 0 Å². The Morgan fingerprint density at radius 3 is 2.65 bits per heavy atom. The third kappa shape index (κ3) is 4.24. The largest absolute Gasteiger partial charge is 0.464 e. The molecule has 0 aliphatic heterocycles. The maximum atomic E-state index is 11.6. The Hall–Kier alpha value is -2.07. The van der Waals surface area contributed by atoms with Crippen LogP contribution in [0, 0.1) is 0 Å². The van der Waals surface area contributed by atoms with Gasteiger partial charge in [-0.25, -0.2) is 0 Å². The molecule has 0 saturated heterocycles. The van der Waals surface area contributed by atoms with E-state index < -0.39 is 5.97 Å². The molecule has 0 bridgehead atoms. The van der Waals surface area contributed by atoms with Gasteiger partial charge in [0.1, 0.15) is 6.54 Å². The molecule has 1 aromatic carbocycles. The Labute approximate surface area is 121 Å². The maximum absolute atomic E-state index is 11.6. The van der Waals surface area contributed by atoms with Crippen molar-refractivity contribution in [2.45, 2.75) is 13.0 Å². The maximum Gasteiger partial charge on any atom is 0.326 e. The normalized spacial score (nSPS) is 10.2. The molecule has 0 fully saturated rings. The fraction of sp³-hybridized carbons (Fsp3) is 0.200. The Morgan fingerprint density at radius 2 is 1.90 bits per heavy atom. The molecule has 0 amide bonds. The number of halogens is 1. The lowest BCUT2D eigenvalue weighted by molar-refractivity contribution is -0.144. The summed E-state index contributed by atoms with van der Waals surface area (Å²) in [6, 6.07) is 12.5. The zero-order chi connectivity index (χ0) is 14.4. The predicted molar refractivity (Wildman–Crippen MR) is 76.8 cm³/mol. The summed E-state index contributed by atoms with van der Waals surface area (Å²) in [5, 5.41) is 0.404. The van der Waals surface area contributed by atoms with Crippen LogP contribution in [0.2, 0.25) is 5.02 Å². The first kappa shape index (κ1) is 14.3. The van der Waals surface area contributed by atoms with Crippen LogP contribution in [-0.4, -0.2) is 17.1 Å². The summed E-state index contributed by atoms with van der Waals surface area (Å²) in [6.07, 6.45) is 2.07. The van der Waals surface area contributed by atoms with Crippen LogP contribution in [-0.2, 0) is 22.5 Å². The molecule has 2 aromatic rings. The fourth-order valence-electron chi connectivity index (χ4n) is 1.74. The molecule has 5 heteroatoms. The second-order valence-corrected chi connectivity index (χ2v) is 4.71. The highest BCUT2D eigenvalue weighted by Crippen LogP contribution is 2.03. The number of hydrogen-bond acceptors (Lipinski definition) is 3. The third-order valence-corrected chi connectivity index (χ3v) is 2.97. The number of esters is 1. The molecule has 20 heavy (non-hydrogen) atoms. The Balaban J connectivity index is 1.84. The summed E-state index contributed by atoms with van der Waals surface area (Å²) in [7, 11) is 0. The summed E-state index contributed by atoms with van der Waals surface area (Å²) in [5.41, 5.74) is 0.814. The van der Waals surface area contributed by atoms with Gasteiger partial charge in [-0.15, -0.1) is 0 Å². The van der Waals surface area contributed by atoms with Crippen molar-refractivity contribution < 1.29 is 9.53 Å². The summed E-state index contributed by atoms with van der Waals surface area (Å²) in [6.45, 7) is 0.159. The molecular formula is C15H14ClNO3. The van der Waals surface area contributed by atoms with Crippen LogP contribution in [0.5, 0.6) is 0 Å². The van der Waals surface area contributed by atoms with E-state index in [0.29, 0.717) is 11.4 Å². The van der Waals surface area contributed by atoms with Crippen molar-refractivity contribution in [2.75, 3.05) is 6.61 Å². The van der Waals surface area contributed by atoms with Crippen LogP contribution in [0.4, 0.5) is 0 Å². The Kier molecular flexibility index (Phi) is 4.96. The highest BCUT2D eigenvalue weighted by atomic mass is 35.5. The molecule has 0 spiro atoms. The van der Waals surface area contributed by atoms with Gasteiger partial charge in [0.05, 0.1) is 11.6 Å². The van der Waals surface area contributed by atoms with E-state index in [0.717, 1.165) is 5.56 Å². The zero-order valence-corrected chi connectivity index (χ0v) is 11.5. The molecule has 1 aromatic heterocycles. The number of benzene rings is 1. The average Bonchev–Trinajstić information content (AvgIpc) is 2.44. The quantitative estimate of drug-likeness (QED) is 0.794. The SMILES string of the molecule is O=C(Cn1cc(Cl)ccc1=O)OCCc1ccccc1. The second kappa shape index (κ2) is 6.91. The van der Waals surface area contributed by atoms with E-state index in [4.69, 9.17) is 16.3 Å². The van der Waals surface area contributed by atoms with Crippen LogP contribution in [0.1, 0.15) is 5.56 Å². The minimum absolute atomic E-state index is 0.131. The van der Waals surface area contributed by atoms with E-state index in [9.17, 15) is 9.59 Å². The highest BCUT2D eigenvalue weighted by molar-refractivity contribution is 6.30. The summed E-state index contributed by atoms with van der Waals surface area (Å²) >= 11 is 5.77. The minimum atomic E-state index is -0.453. The van der Waals surface area contributed by atoms with Gasteiger partial charge in [0.25, 0.3) is 5.56 Å². The first-order chi connectivity index (χ1) is 9.65. The molecule has 0 aliphatic carbocycles. The molecule has 0 N–H and O–H groups in total. The van der Waals surface area contributed by atoms with Gasteiger partial charge < -0.3 is 9.30 Å². The topological polar surface area (TPSA) is 48.3 Å². The predicted octanol–water partition coefficient (Wildman–Crippen LogP) is 2.29. The molecule has 0 aliphatic rings. The fourth-order valence-corrected chi connectivity index (χ4v) is 1.92. The van der Waals surface area contributed by atoms with Crippen molar-refractivity contribution in [2.24, 2.45) is 0 Å². The van der Waals surface area contributed by atoms with Crippen molar-refractivity contribution in [1.82, 2.24) is 4.57 Å². The van der Waals surface area contributed by atoms with Gasteiger partial charge in [-0.2, -0.15) is 0 Å². The average molecular weight is 292 g/mol. The number of carbonyl (C=O) groups excluding carboxylic acids is 1. The molecule has 0 saturated carbocycles. The molecular weight excluding hydrogens is 278 g/mol. The van der Waals surface area contributed by atoms with Gasteiger partial charge in [-0.1, -0.05) is 41.9 Å². The molecule has 0 unspecified atom stereocenters. The summed E-state index contributed by atoms with van der Waals surface area (Å²) in [5.74, 6) is -0.453. The van der Waals surface area contributed by atoms with Crippen LogP contribution in [0.15, 0.2) is 53.5 Å². The molecule has 1 heterocycles. The number of ether oxygens (including phenoxy) is 1. The number of nitrogens with zero attached hydrogens (tertiary/aromatic N) is 1. The lowest BCUT2D eigenvalue weighted by atomic mass is 10.2. The van der Waals surface area contributed by atoms with E-state index in [1.807, 2.05) is 30.3 Å². The lowest BCUT2D eigenvalue weighted by Gasteiger charge is -2.07. The number of rotatable bonds is 5. The van der Waals surface area contributed by atoms with E-state index in [-0.39, 0.29) is 18.7 Å². The van der Waals surface area contributed by atoms with Gasteiger partial charge in [-0.05, 0) is 11.6 Å². The van der Waals surface area contributed by atoms with E-state index >= 15 is 0 Å². The molecule has 104 valence electrons. The van der Waals surface area contributed by atoms with Crippen molar-refractivity contribution in [1.29, 1.82) is 0 Å². The molecule has 4 nitrogen and oxygen atoms in total. The number of hydrogen-bond donors (Lipinski definition) is 0. The summed E-state index contributed by atoms with van der Waals surface area (Å²) in [4.78, 5) is 23.1. The van der Waals surface area contributed by atoms with Gasteiger partial charge in [-0.3, -0.25) is 9.59 Å². The smallest absolute Gasteiger partial charge is 0.326 e. The number of aromatic nitrogens is 1. The number of pyridine rings is 1. The van der Waals surface area contributed by atoms with Crippen LogP contribution >= 0.6 is 11.6 Å². The van der Waals surface area contributed by atoms with Crippen LogP contribution < -0.4 is 5.56 Å². The molecule has 0 atom stereocenters. The standard InChI is InChI=1S/C15H14ClNO3/c16-13-6-7-14(18)17(10-13)11-15(19)20-9-8-12-4-2-1-3-5-12/h1-7,10H,8-9,11H2. The second-order valence-electron chi connectivity index (χ2n) is 4.27. The monoisotopic (exact) mass is 291 g/mol. The Bertz CT molecular complexity index is 637. The number of carbonyl (C=O) groups is 1.